The average molecular weight is 408 g/mol. The van der Waals surface area contributed by atoms with E-state index in [9.17, 15) is 9.59 Å². The van der Waals surface area contributed by atoms with E-state index in [1.54, 1.807) is 17.3 Å². The van der Waals surface area contributed by atoms with Gasteiger partial charge in [0.2, 0.25) is 0 Å². The van der Waals surface area contributed by atoms with Crippen molar-refractivity contribution < 1.29 is 9.59 Å². The average Bonchev–Trinajstić information content (AvgIpc) is 3.22. The van der Waals surface area contributed by atoms with Crippen LogP contribution in [0.2, 0.25) is 0 Å². The molecule has 1 N–H and O–H groups in total. The molecule has 4 rings (SSSR count). The van der Waals surface area contributed by atoms with E-state index in [0.29, 0.717) is 31.5 Å². The maximum absolute atomic E-state index is 12.9. The summed E-state index contributed by atoms with van der Waals surface area (Å²) in [5.41, 5.74) is 5.01. The van der Waals surface area contributed by atoms with Gasteiger partial charge >= 0.3 is 0 Å². The maximum atomic E-state index is 12.9. The molecule has 1 amide bonds. The fourth-order valence-electron chi connectivity index (χ4n) is 3.87. The number of fused-ring (bicyclic) bond motifs is 1. The fraction of sp³-hybridized carbons (Fsp3) is 0.261. The molecule has 0 radical (unpaired) electrons. The zero-order chi connectivity index (χ0) is 20.5. The summed E-state index contributed by atoms with van der Waals surface area (Å²) in [6.07, 6.45) is 4.69. The van der Waals surface area contributed by atoms with Crippen molar-refractivity contribution in [2.24, 2.45) is 0 Å². The molecule has 0 bridgehead atoms. The SMILES string of the molecule is Cc1ncc(C)c2c(C(=O)C(=O)N3CCC(=C(Cl)c4ccccc4)CC3)c[nH]c12. The van der Waals surface area contributed by atoms with E-state index in [4.69, 9.17) is 11.6 Å². The second-order valence-corrected chi connectivity index (χ2v) is 7.76. The number of aromatic amines is 1. The number of ketones is 1. The topological polar surface area (TPSA) is 66.1 Å². The van der Waals surface area contributed by atoms with Gasteiger partial charge in [-0.25, -0.2) is 0 Å². The number of likely N-dealkylation sites (tertiary alicyclic amines) is 1. The molecule has 1 aliphatic heterocycles. The Labute approximate surface area is 174 Å². The first-order chi connectivity index (χ1) is 14.0. The van der Waals surface area contributed by atoms with Crippen LogP contribution in [0, 0.1) is 13.8 Å². The van der Waals surface area contributed by atoms with Gasteiger partial charge in [0.15, 0.2) is 0 Å². The summed E-state index contributed by atoms with van der Waals surface area (Å²) in [5.74, 6) is -0.943. The Morgan fingerprint density at radius 2 is 1.79 bits per heavy atom. The van der Waals surface area contributed by atoms with Crippen LogP contribution in [0.4, 0.5) is 0 Å². The van der Waals surface area contributed by atoms with Crippen molar-refractivity contribution in [2.45, 2.75) is 26.7 Å². The molecule has 0 atom stereocenters. The quantitative estimate of drug-likeness (QED) is 0.508. The highest BCUT2D eigenvalue weighted by molar-refractivity contribution is 6.49. The first-order valence-corrected chi connectivity index (χ1v) is 10.0. The summed E-state index contributed by atoms with van der Waals surface area (Å²) in [4.78, 5) is 34.9. The molecule has 1 saturated heterocycles. The Morgan fingerprint density at radius 1 is 1.10 bits per heavy atom. The van der Waals surface area contributed by atoms with Crippen molar-refractivity contribution in [2.75, 3.05) is 13.1 Å². The number of nitrogens with zero attached hydrogens (tertiary/aromatic N) is 2. The van der Waals surface area contributed by atoms with Crippen LogP contribution in [0.1, 0.15) is 40.0 Å². The van der Waals surface area contributed by atoms with Gasteiger partial charge in [0.1, 0.15) is 0 Å². The predicted octanol–water partition coefficient (Wildman–Crippen LogP) is 4.63. The highest BCUT2D eigenvalue weighted by Crippen LogP contribution is 2.30. The summed E-state index contributed by atoms with van der Waals surface area (Å²) in [5, 5.41) is 1.53. The number of carbonyl (C=O) groups excluding carboxylic acids is 2. The van der Waals surface area contributed by atoms with Crippen molar-refractivity contribution in [3.05, 3.63) is 70.7 Å². The van der Waals surface area contributed by atoms with Crippen LogP contribution in [-0.4, -0.2) is 39.6 Å². The first kappa shape index (κ1) is 19.4. The van der Waals surface area contributed by atoms with Gasteiger partial charge in [0, 0.05) is 35.9 Å². The molecular formula is C23H22ClN3O2. The van der Waals surface area contributed by atoms with Gasteiger partial charge < -0.3 is 9.88 Å². The molecule has 0 unspecified atom stereocenters. The monoisotopic (exact) mass is 407 g/mol. The summed E-state index contributed by atoms with van der Waals surface area (Å²) < 4.78 is 0. The van der Waals surface area contributed by atoms with Crippen molar-refractivity contribution >= 4 is 39.2 Å². The highest BCUT2D eigenvalue weighted by Gasteiger charge is 2.29. The van der Waals surface area contributed by atoms with Gasteiger partial charge in [-0.3, -0.25) is 14.6 Å². The second kappa shape index (κ2) is 7.84. The largest absolute Gasteiger partial charge is 0.359 e. The molecule has 3 aromatic rings. The van der Waals surface area contributed by atoms with Crippen molar-refractivity contribution in [1.82, 2.24) is 14.9 Å². The maximum Gasteiger partial charge on any atom is 0.295 e. The molecular weight excluding hydrogens is 386 g/mol. The number of hydrogen-bond acceptors (Lipinski definition) is 3. The molecule has 1 aliphatic rings. The lowest BCUT2D eigenvalue weighted by Crippen LogP contribution is -2.40. The van der Waals surface area contributed by atoms with Gasteiger partial charge in [-0.05, 0) is 43.4 Å². The number of benzene rings is 1. The van der Waals surface area contributed by atoms with Crippen LogP contribution in [-0.2, 0) is 4.79 Å². The molecule has 0 saturated carbocycles. The van der Waals surface area contributed by atoms with Crippen molar-refractivity contribution in [3.8, 4) is 0 Å². The van der Waals surface area contributed by atoms with Crippen molar-refractivity contribution in [3.63, 3.8) is 0 Å². The molecule has 5 nitrogen and oxygen atoms in total. The number of pyridine rings is 1. The summed E-state index contributed by atoms with van der Waals surface area (Å²) in [7, 11) is 0. The molecule has 1 fully saturated rings. The van der Waals surface area contributed by atoms with E-state index >= 15 is 0 Å². The molecule has 1 aromatic carbocycles. The summed E-state index contributed by atoms with van der Waals surface area (Å²) in [6.45, 7) is 4.76. The lowest BCUT2D eigenvalue weighted by atomic mass is 9.99. The third kappa shape index (κ3) is 3.58. The highest BCUT2D eigenvalue weighted by atomic mass is 35.5. The number of hydrogen-bond donors (Lipinski definition) is 1. The predicted molar refractivity (Wildman–Crippen MR) is 115 cm³/mol. The lowest BCUT2D eigenvalue weighted by molar-refractivity contribution is -0.126. The minimum atomic E-state index is -0.480. The number of piperidine rings is 1. The van der Waals surface area contributed by atoms with E-state index < -0.39 is 11.7 Å². The molecule has 6 heteroatoms. The smallest absolute Gasteiger partial charge is 0.295 e. The number of Topliss-reactive ketones (excluding diaryl/α,β-unsaturated/α-hetero) is 1. The van der Waals surface area contributed by atoms with Gasteiger partial charge in [-0.15, -0.1) is 0 Å². The van der Waals surface area contributed by atoms with Crippen LogP contribution in [0.15, 0.2) is 48.3 Å². The number of aromatic nitrogens is 2. The number of halogens is 1. The van der Waals surface area contributed by atoms with Gasteiger partial charge in [-0.1, -0.05) is 41.9 Å². The Kier molecular flexibility index (Phi) is 5.24. The van der Waals surface area contributed by atoms with Crippen LogP contribution in [0.5, 0.6) is 0 Å². The van der Waals surface area contributed by atoms with Gasteiger partial charge in [-0.2, -0.15) is 0 Å². The van der Waals surface area contributed by atoms with E-state index in [1.165, 1.54) is 0 Å². The van der Waals surface area contributed by atoms with Crippen LogP contribution in [0.3, 0.4) is 0 Å². The second-order valence-electron chi connectivity index (χ2n) is 7.38. The van der Waals surface area contributed by atoms with E-state index in [0.717, 1.165) is 38.3 Å². The summed E-state index contributed by atoms with van der Waals surface area (Å²) >= 11 is 6.55. The number of carbonyl (C=O) groups is 2. The standard InChI is InChI=1S/C23H22ClN3O2/c1-14-12-25-15(2)21-19(14)18(13-26-21)22(28)23(29)27-10-8-17(9-11-27)20(24)16-6-4-3-5-7-16/h3-7,12-13,26H,8-11H2,1-2H3. The van der Waals surface area contributed by atoms with Gasteiger partial charge in [0.05, 0.1) is 16.8 Å². The molecule has 0 aliphatic carbocycles. The first-order valence-electron chi connectivity index (χ1n) is 9.67. The van der Waals surface area contributed by atoms with Crippen LogP contribution >= 0.6 is 11.6 Å². The number of rotatable bonds is 3. The normalized spacial score (nSPS) is 14.3. The third-order valence-electron chi connectivity index (χ3n) is 5.52. The number of aryl methyl sites for hydroxylation is 2. The van der Waals surface area contributed by atoms with E-state index in [-0.39, 0.29) is 0 Å². The Hall–Kier alpha value is -2.92. The zero-order valence-corrected chi connectivity index (χ0v) is 17.2. The Morgan fingerprint density at radius 3 is 2.48 bits per heavy atom. The van der Waals surface area contributed by atoms with E-state index in [1.807, 2.05) is 44.2 Å². The molecule has 148 valence electrons. The zero-order valence-electron chi connectivity index (χ0n) is 16.5. The van der Waals surface area contributed by atoms with Crippen molar-refractivity contribution in [1.29, 1.82) is 0 Å². The number of amides is 1. The third-order valence-corrected chi connectivity index (χ3v) is 6.00. The lowest BCUT2D eigenvalue weighted by Gasteiger charge is -2.28. The minimum Gasteiger partial charge on any atom is -0.359 e. The molecule has 3 heterocycles. The number of nitrogens with one attached hydrogen (secondary N) is 1. The fourth-order valence-corrected chi connectivity index (χ4v) is 4.18. The number of H-pyrrole nitrogens is 1. The minimum absolute atomic E-state index is 0.414. The molecule has 2 aromatic heterocycles. The summed E-state index contributed by atoms with van der Waals surface area (Å²) in [6, 6.07) is 9.82. The molecule has 0 spiro atoms. The van der Waals surface area contributed by atoms with Crippen LogP contribution in [0.25, 0.3) is 15.9 Å². The molecule has 29 heavy (non-hydrogen) atoms. The Bertz CT molecular complexity index is 1120. The van der Waals surface area contributed by atoms with Gasteiger partial charge in [0.25, 0.3) is 11.7 Å². The Balaban J connectivity index is 1.52. The van der Waals surface area contributed by atoms with E-state index in [2.05, 4.69) is 9.97 Å². The van der Waals surface area contributed by atoms with Crippen LogP contribution < -0.4 is 0 Å².